The van der Waals surface area contributed by atoms with Crippen LogP contribution >= 0.6 is 0 Å². The van der Waals surface area contributed by atoms with Crippen molar-refractivity contribution >= 4 is 27.2 Å². The fourth-order valence-electron chi connectivity index (χ4n) is 3.95. The summed E-state index contributed by atoms with van der Waals surface area (Å²) < 4.78 is 30.1. The second kappa shape index (κ2) is 6.56. The summed E-state index contributed by atoms with van der Waals surface area (Å²) in [7, 11) is -3.20. The van der Waals surface area contributed by atoms with Gasteiger partial charge in [0.2, 0.25) is 0 Å². The average Bonchev–Trinajstić information content (AvgIpc) is 3.04. The Morgan fingerprint density at radius 2 is 1.63 bits per heavy atom. The Morgan fingerprint density at radius 1 is 1.00 bits per heavy atom. The molecule has 2 aromatic rings. The van der Waals surface area contributed by atoms with E-state index in [4.69, 9.17) is 4.74 Å². The zero-order chi connectivity index (χ0) is 19.2. The molecule has 2 fully saturated rings. The standard InChI is InChI=1S/C20H22N2O4S/c1-3-26-17-9-7-15(8-10-17)21-18-12-27(24,25)13-19(18)22(20(21)23)16-6-4-5-14(2)11-16/h4-11,18-19H,3,12-13H2,1-2H3/t18-,19-/m0/s1. The number of nitrogens with zero attached hydrogens (tertiary/aromatic N) is 2. The molecule has 2 saturated heterocycles. The van der Waals surface area contributed by atoms with E-state index in [2.05, 4.69) is 0 Å². The SMILES string of the molecule is CCOc1ccc(N2C(=O)N(c3cccc(C)c3)[C@H]3CS(=O)(=O)C[C@@H]32)cc1. The van der Waals surface area contributed by atoms with E-state index in [0.717, 1.165) is 17.0 Å². The fourth-order valence-corrected chi connectivity index (χ4v) is 5.87. The van der Waals surface area contributed by atoms with E-state index in [0.29, 0.717) is 12.3 Å². The van der Waals surface area contributed by atoms with Crippen LogP contribution in [0.25, 0.3) is 0 Å². The Morgan fingerprint density at radius 3 is 2.22 bits per heavy atom. The summed E-state index contributed by atoms with van der Waals surface area (Å²) in [5.41, 5.74) is 2.45. The minimum absolute atomic E-state index is 0.00905. The number of hydrogen-bond acceptors (Lipinski definition) is 4. The van der Waals surface area contributed by atoms with Gasteiger partial charge in [0, 0.05) is 11.4 Å². The lowest BCUT2D eigenvalue weighted by molar-refractivity contribution is 0.255. The van der Waals surface area contributed by atoms with E-state index < -0.39 is 9.84 Å². The van der Waals surface area contributed by atoms with Gasteiger partial charge in [-0.3, -0.25) is 9.80 Å². The summed E-state index contributed by atoms with van der Waals surface area (Å²) in [6.07, 6.45) is 0. The van der Waals surface area contributed by atoms with Crippen molar-refractivity contribution in [1.29, 1.82) is 0 Å². The maximum atomic E-state index is 13.3. The topological polar surface area (TPSA) is 66.9 Å². The molecule has 2 amide bonds. The van der Waals surface area contributed by atoms with Crippen LogP contribution in [0, 0.1) is 6.92 Å². The number of rotatable bonds is 4. The Kier molecular flexibility index (Phi) is 4.34. The molecule has 0 bridgehead atoms. The summed E-state index contributed by atoms with van der Waals surface area (Å²) in [4.78, 5) is 16.5. The van der Waals surface area contributed by atoms with Crippen LogP contribution in [-0.4, -0.2) is 44.6 Å². The molecule has 2 aromatic carbocycles. The normalized spacial score (nSPS) is 23.6. The van der Waals surface area contributed by atoms with Gasteiger partial charge in [0.05, 0.1) is 30.2 Å². The minimum atomic E-state index is -3.20. The van der Waals surface area contributed by atoms with Crippen molar-refractivity contribution in [2.75, 3.05) is 27.9 Å². The number of aryl methyl sites for hydroxylation is 1. The van der Waals surface area contributed by atoms with Crippen molar-refractivity contribution in [1.82, 2.24) is 0 Å². The summed E-state index contributed by atoms with van der Waals surface area (Å²) in [5.74, 6) is 0.697. The highest BCUT2D eigenvalue weighted by atomic mass is 32.2. The maximum Gasteiger partial charge on any atom is 0.329 e. The molecule has 2 heterocycles. The van der Waals surface area contributed by atoms with Crippen molar-refractivity contribution in [2.45, 2.75) is 25.9 Å². The second-order valence-electron chi connectivity index (χ2n) is 7.00. The van der Waals surface area contributed by atoms with Crippen molar-refractivity contribution in [3.63, 3.8) is 0 Å². The third-order valence-electron chi connectivity index (χ3n) is 5.07. The largest absolute Gasteiger partial charge is 0.494 e. The number of sulfone groups is 1. The molecule has 2 aliphatic heterocycles. The minimum Gasteiger partial charge on any atom is -0.494 e. The smallest absolute Gasteiger partial charge is 0.329 e. The van der Waals surface area contributed by atoms with E-state index in [1.54, 1.807) is 21.9 Å². The monoisotopic (exact) mass is 386 g/mol. The van der Waals surface area contributed by atoms with Gasteiger partial charge >= 0.3 is 6.03 Å². The van der Waals surface area contributed by atoms with Crippen LogP contribution in [0.1, 0.15) is 12.5 Å². The van der Waals surface area contributed by atoms with Crippen LogP contribution in [0.15, 0.2) is 48.5 Å². The predicted octanol–water partition coefficient (Wildman–Crippen LogP) is 3.01. The molecule has 4 rings (SSSR count). The lowest BCUT2D eigenvalue weighted by Gasteiger charge is -2.23. The van der Waals surface area contributed by atoms with Gasteiger partial charge < -0.3 is 4.74 Å². The molecule has 0 saturated carbocycles. The second-order valence-corrected chi connectivity index (χ2v) is 9.15. The van der Waals surface area contributed by atoms with Gasteiger partial charge in [-0.2, -0.15) is 0 Å². The van der Waals surface area contributed by atoms with Gasteiger partial charge in [-0.05, 0) is 55.8 Å². The lowest BCUT2D eigenvalue weighted by Crippen LogP contribution is -2.37. The predicted molar refractivity (Wildman–Crippen MR) is 105 cm³/mol. The highest BCUT2D eigenvalue weighted by Gasteiger charge is 2.54. The number of urea groups is 1. The summed E-state index contributed by atoms with van der Waals surface area (Å²) in [5, 5.41) is 0. The summed E-state index contributed by atoms with van der Waals surface area (Å²) in [6.45, 7) is 4.43. The molecule has 2 aliphatic rings. The molecule has 0 aliphatic carbocycles. The van der Waals surface area contributed by atoms with Crippen molar-refractivity contribution in [3.05, 3.63) is 54.1 Å². The molecule has 0 aromatic heterocycles. The number of fused-ring (bicyclic) bond motifs is 1. The molecule has 0 N–H and O–H groups in total. The van der Waals surface area contributed by atoms with Crippen molar-refractivity contribution in [2.24, 2.45) is 0 Å². The van der Waals surface area contributed by atoms with Crippen molar-refractivity contribution in [3.8, 4) is 5.75 Å². The Balaban J connectivity index is 1.74. The Labute approximate surface area is 159 Å². The van der Waals surface area contributed by atoms with Gasteiger partial charge in [0.25, 0.3) is 0 Å². The molecule has 27 heavy (non-hydrogen) atoms. The third kappa shape index (κ3) is 3.16. The van der Waals surface area contributed by atoms with Crippen LogP contribution in [-0.2, 0) is 9.84 Å². The number of ether oxygens (including phenoxy) is 1. The fraction of sp³-hybridized carbons (Fsp3) is 0.350. The van der Waals surface area contributed by atoms with E-state index in [1.807, 2.05) is 50.2 Å². The number of carbonyl (C=O) groups is 1. The molecule has 142 valence electrons. The molecule has 0 radical (unpaired) electrons. The average molecular weight is 386 g/mol. The zero-order valence-corrected chi connectivity index (χ0v) is 16.1. The molecule has 2 atom stereocenters. The van der Waals surface area contributed by atoms with Crippen LogP contribution in [0.5, 0.6) is 5.75 Å². The van der Waals surface area contributed by atoms with Crippen LogP contribution in [0.3, 0.4) is 0 Å². The maximum absolute atomic E-state index is 13.3. The van der Waals surface area contributed by atoms with Crippen molar-refractivity contribution < 1.29 is 17.9 Å². The first kappa shape index (κ1) is 17.9. The number of amides is 2. The van der Waals surface area contributed by atoms with Gasteiger partial charge in [-0.15, -0.1) is 0 Å². The highest BCUT2D eigenvalue weighted by molar-refractivity contribution is 7.91. The molecule has 0 spiro atoms. The first-order chi connectivity index (χ1) is 12.9. The van der Waals surface area contributed by atoms with E-state index in [-0.39, 0.29) is 29.6 Å². The first-order valence-electron chi connectivity index (χ1n) is 9.02. The molecular weight excluding hydrogens is 364 g/mol. The van der Waals surface area contributed by atoms with Gasteiger partial charge in [0.15, 0.2) is 9.84 Å². The Hall–Kier alpha value is -2.54. The van der Waals surface area contributed by atoms with E-state index in [9.17, 15) is 13.2 Å². The van der Waals surface area contributed by atoms with Gasteiger partial charge in [-0.25, -0.2) is 13.2 Å². The quantitative estimate of drug-likeness (QED) is 0.758. The zero-order valence-electron chi connectivity index (χ0n) is 15.3. The highest BCUT2D eigenvalue weighted by Crippen LogP contribution is 2.38. The first-order valence-corrected chi connectivity index (χ1v) is 10.8. The number of anilines is 2. The van der Waals surface area contributed by atoms with E-state index in [1.165, 1.54) is 0 Å². The summed E-state index contributed by atoms with van der Waals surface area (Å²) >= 11 is 0. The number of hydrogen-bond donors (Lipinski definition) is 0. The third-order valence-corrected chi connectivity index (χ3v) is 6.77. The van der Waals surface area contributed by atoms with E-state index >= 15 is 0 Å². The number of carbonyl (C=O) groups excluding carboxylic acids is 1. The van der Waals surface area contributed by atoms with Gasteiger partial charge in [-0.1, -0.05) is 12.1 Å². The number of benzene rings is 2. The summed E-state index contributed by atoms with van der Waals surface area (Å²) in [6, 6.07) is 13.9. The molecule has 6 nitrogen and oxygen atoms in total. The van der Waals surface area contributed by atoms with Crippen LogP contribution < -0.4 is 14.5 Å². The molecule has 0 unspecified atom stereocenters. The molecule has 7 heteroatoms. The Bertz CT molecular complexity index is 972. The molecular formula is C20H22N2O4S. The van der Waals surface area contributed by atoms with Gasteiger partial charge in [0.1, 0.15) is 5.75 Å². The van der Waals surface area contributed by atoms with Crippen LogP contribution in [0.2, 0.25) is 0 Å². The lowest BCUT2D eigenvalue weighted by atomic mass is 10.1. The van der Waals surface area contributed by atoms with Crippen LogP contribution in [0.4, 0.5) is 16.2 Å².